The van der Waals surface area contributed by atoms with E-state index in [1.165, 1.54) is 0 Å². The van der Waals surface area contributed by atoms with Gasteiger partial charge in [0.05, 0.1) is 0 Å². The molecule has 0 unspecified atom stereocenters. The molecule has 0 bridgehead atoms. The van der Waals surface area contributed by atoms with E-state index in [4.69, 9.17) is 9.47 Å². The quantitative estimate of drug-likeness (QED) is 0.505. The van der Waals surface area contributed by atoms with E-state index in [9.17, 15) is 13.2 Å². The van der Waals surface area contributed by atoms with Gasteiger partial charge in [-0.15, -0.1) is 0 Å². The molecule has 0 fully saturated rings. The summed E-state index contributed by atoms with van der Waals surface area (Å²) in [5, 5.41) is 0. The third kappa shape index (κ3) is 7.62. The first kappa shape index (κ1) is 12.3. The Morgan fingerprint density at radius 2 is 1.62 bits per heavy atom. The molecule has 0 aromatic rings. The van der Waals surface area contributed by atoms with Gasteiger partial charge in [0.1, 0.15) is 0 Å². The smallest absolute Gasteiger partial charge is 0.342 e. The average Bonchev–Trinajstić information content (AvgIpc) is 2.00. The molecule has 0 atom stereocenters. The normalized spacial score (nSPS) is 11.2. The van der Waals surface area contributed by atoms with Crippen LogP contribution in [0.15, 0.2) is 0 Å². The molecule has 0 rings (SSSR count). The van der Waals surface area contributed by atoms with E-state index >= 15 is 0 Å². The molecule has 0 aliphatic rings. The van der Waals surface area contributed by atoms with Crippen molar-refractivity contribution in [3.05, 3.63) is 0 Å². The number of ether oxygens (including phenoxy) is 2. The summed E-state index contributed by atoms with van der Waals surface area (Å²) in [6, 6.07) is 0. The minimum atomic E-state index is -4.49. The lowest BCUT2D eigenvalue weighted by atomic mass is 10.5. The Kier molecular flexibility index (Phi) is 5.51. The summed E-state index contributed by atoms with van der Waals surface area (Å²) in [6.07, 6.45) is -5.58. The van der Waals surface area contributed by atoms with Crippen LogP contribution in [-0.4, -0.2) is 25.7 Å². The fraction of sp³-hybridized carbons (Fsp3) is 0.750. The Hall–Kier alpha value is -0.730. The summed E-state index contributed by atoms with van der Waals surface area (Å²) < 4.78 is 44.4. The highest BCUT2D eigenvalue weighted by Gasteiger charge is 2.23. The van der Waals surface area contributed by atoms with Crippen LogP contribution in [0.4, 0.5) is 13.2 Å². The molecule has 0 amide bonds. The van der Waals surface area contributed by atoms with E-state index in [2.05, 4.69) is 0 Å². The van der Waals surface area contributed by atoms with Gasteiger partial charge in [-0.25, -0.2) is 0 Å². The molecule has 0 aromatic carbocycles. The highest BCUT2D eigenvalue weighted by molar-refractivity contribution is 5.07. The van der Waals surface area contributed by atoms with Gasteiger partial charge in [0.2, 0.25) is 6.29 Å². The molecule has 0 saturated heterocycles. The zero-order valence-electron chi connectivity index (χ0n) is 7.44. The SMILES string of the molecule is CCOC(C#CC(F)(F)F)OCC. The molecule has 0 aromatic heterocycles. The third-order valence-electron chi connectivity index (χ3n) is 0.968. The maximum atomic E-state index is 11.6. The monoisotopic (exact) mass is 196 g/mol. The van der Waals surface area contributed by atoms with Crippen molar-refractivity contribution in [2.75, 3.05) is 13.2 Å². The highest BCUT2D eigenvalue weighted by atomic mass is 19.4. The van der Waals surface area contributed by atoms with E-state index < -0.39 is 12.5 Å². The molecule has 2 nitrogen and oxygen atoms in total. The Morgan fingerprint density at radius 3 is 1.92 bits per heavy atom. The van der Waals surface area contributed by atoms with Crippen molar-refractivity contribution in [2.24, 2.45) is 0 Å². The molecular weight excluding hydrogens is 185 g/mol. The van der Waals surface area contributed by atoms with E-state index in [0.29, 0.717) is 0 Å². The fourth-order valence-electron chi connectivity index (χ4n) is 0.575. The largest absolute Gasteiger partial charge is 0.457 e. The lowest BCUT2D eigenvalue weighted by Crippen LogP contribution is -2.16. The zero-order valence-corrected chi connectivity index (χ0v) is 7.44. The second-order valence-corrected chi connectivity index (χ2v) is 2.01. The van der Waals surface area contributed by atoms with Crippen LogP contribution in [0.5, 0.6) is 0 Å². The molecule has 0 aliphatic heterocycles. The van der Waals surface area contributed by atoms with Crippen LogP contribution in [0.1, 0.15) is 13.8 Å². The lowest BCUT2D eigenvalue weighted by Gasteiger charge is -2.09. The van der Waals surface area contributed by atoms with Crippen molar-refractivity contribution in [2.45, 2.75) is 26.3 Å². The van der Waals surface area contributed by atoms with Gasteiger partial charge in [-0.2, -0.15) is 13.2 Å². The minimum absolute atomic E-state index is 0.261. The van der Waals surface area contributed by atoms with Crippen molar-refractivity contribution in [3.8, 4) is 11.8 Å². The van der Waals surface area contributed by atoms with Gasteiger partial charge in [-0.3, -0.25) is 0 Å². The van der Waals surface area contributed by atoms with Crippen molar-refractivity contribution in [1.29, 1.82) is 0 Å². The summed E-state index contributed by atoms with van der Waals surface area (Å²) in [5.41, 5.74) is 0. The first-order chi connectivity index (χ1) is 5.99. The van der Waals surface area contributed by atoms with Crippen molar-refractivity contribution in [1.82, 2.24) is 0 Å². The fourth-order valence-corrected chi connectivity index (χ4v) is 0.575. The summed E-state index contributed by atoms with van der Waals surface area (Å²) in [7, 11) is 0. The second-order valence-electron chi connectivity index (χ2n) is 2.01. The van der Waals surface area contributed by atoms with Crippen LogP contribution in [0.2, 0.25) is 0 Å². The van der Waals surface area contributed by atoms with Crippen molar-refractivity contribution >= 4 is 0 Å². The molecule has 0 heterocycles. The summed E-state index contributed by atoms with van der Waals surface area (Å²) in [4.78, 5) is 0. The summed E-state index contributed by atoms with van der Waals surface area (Å²) in [6.45, 7) is 3.83. The Labute approximate surface area is 75.0 Å². The molecule has 0 aliphatic carbocycles. The van der Waals surface area contributed by atoms with Crippen LogP contribution in [0, 0.1) is 11.8 Å². The molecular formula is C8H11F3O2. The van der Waals surface area contributed by atoms with E-state index in [1.807, 2.05) is 5.92 Å². The predicted octanol–water partition coefficient (Wildman–Crippen LogP) is 1.95. The maximum Gasteiger partial charge on any atom is 0.457 e. The summed E-state index contributed by atoms with van der Waals surface area (Å²) >= 11 is 0. The molecule has 0 saturated carbocycles. The standard InChI is InChI=1S/C8H11F3O2/c1-3-12-7(13-4-2)5-6-8(9,10)11/h7H,3-4H2,1-2H3. The Balaban J connectivity index is 4.12. The Bertz CT molecular complexity index is 184. The van der Waals surface area contributed by atoms with Crippen LogP contribution >= 0.6 is 0 Å². The molecule has 5 heteroatoms. The molecule has 0 spiro atoms. The summed E-state index contributed by atoms with van der Waals surface area (Å²) in [5.74, 6) is 2.93. The highest BCUT2D eigenvalue weighted by Crippen LogP contribution is 2.12. The molecule has 76 valence electrons. The van der Waals surface area contributed by atoms with Gasteiger partial charge >= 0.3 is 6.18 Å². The number of hydrogen-bond donors (Lipinski definition) is 0. The van der Waals surface area contributed by atoms with Gasteiger partial charge in [-0.05, 0) is 19.8 Å². The third-order valence-corrected chi connectivity index (χ3v) is 0.968. The number of alkyl halides is 3. The predicted molar refractivity (Wildman–Crippen MR) is 40.9 cm³/mol. The van der Waals surface area contributed by atoms with E-state index in [0.717, 1.165) is 5.92 Å². The van der Waals surface area contributed by atoms with Crippen LogP contribution in [0.25, 0.3) is 0 Å². The van der Waals surface area contributed by atoms with Crippen molar-refractivity contribution < 1.29 is 22.6 Å². The van der Waals surface area contributed by atoms with Gasteiger partial charge in [0, 0.05) is 19.1 Å². The van der Waals surface area contributed by atoms with Gasteiger partial charge in [0.25, 0.3) is 0 Å². The topological polar surface area (TPSA) is 18.5 Å². The molecule has 0 N–H and O–H groups in total. The van der Waals surface area contributed by atoms with Gasteiger partial charge in [-0.1, -0.05) is 0 Å². The maximum absolute atomic E-state index is 11.6. The Morgan fingerprint density at radius 1 is 1.15 bits per heavy atom. The zero-order chi connectivity index (χ0) is 10.3. The second kappa shape index (κ2) is 5.84. The van der Waals surface area contributed by atoms with Crippen molar-refractivity contribution in [3.63, 3.8) is 0 Å². The first-order valence-corrected chi connectivity index (χ1v) is 3.82. The molecule has 0 radical (unpaired) electrons. The van der Waals surface area contributed by atoms with Crippen LogP contribution in [0.3, 0.4) is 0 Å². The van der Waals surface area contributed by atoms with Gasteiger partial charge in [0.15, 0.2) is 0 Å². The van der Waals surface area contributed by atoms with Gasteiger partial charge < -0.3 is 9.47 Å². The van der Waals surface area contributed by atoms with E-state index in [-0.39, 0.29) is 13.2 Å². The van der Waals surface area contributed by atoms with Crippen LogP contribution < -0.4 is 0 Å². The number of rotatable bonds is 4. The first-order valence-electron chi connectivity index (χ1n) is 3.82. The molecule has 13 heavy (non-hydrogen) atoms. The minimum Gasteiger partial charge on any atom is -0.342 e. The van der Waals surface area contributed by atoms with Crippen LogP contribution in [-0.2, 0) is 9.47 Å². The number of hydrogen-bond acceptors (Lipinski definition) is 2. The lowest BCUT2D eigenvalue weighted by molar-refractivity contribution is -0.1000. The number of halogens is 3. The van der Waals surface area contributed by atoms with E-state index in [1.54, 1.807) is 13.8 Å². The average molecular weight is 196 g/mol.